The molecule has 1 saturated heterocycles. The summed E-state index contributed by atoms with van der Waals surface area (Å²) < 4.78 is 0. The predicted molar refractivity (Wildman–Crippen MR) is 89.8 cm³/mol. The second kappa shape index (κ2) is 6.54. The van der Waals surface area contributed by atoms with E-state index in [1.54, 1.807) is 12.4 Å². The number of nitrogens with one attached hydrogen (secondary N) is 1. The van der Waals surface area contributed by atoms with Crippen LogP contribution in [0.25, 0.3) is 0 Å². The topological polar surface area (TPSA) is 62.3 Å². The molecule has 4 rings (SSSR count). The second-order valence-corrected chi connectivity index (χ2v) is 7.46. The Morgan fingerprint density at radius 2 is 1.88 bits per heavy atom. The number of hydrogen-bond donors (Lipinski definition) is 1. The first-order valence-electron chi connectivity index (χ1n) is 9.23. The molecule has 128 valence electrons. The molecule has 3 fully saturated rings. The molecular weight excluding hydrogens is 302 g/mol. The molecule has 5 nitrogen and oxygen atoms in total. The summed E-state index contributed by atoms with van der Waals surface area (Å²) in [5, 5.41) is 3.03. The lowest BCUT2D eigenvalue weighted by molar-refractivity contribution is -0.142. The highest BCUT2D eigenvalue weighted by Crippen LogP contribution is 2.43. The van der Waals surface area contributed by atoms with Crippen molar-refractivity contribution in [1.29, 1.82) is 0 Å². The first-order chi connectivity index (χ1) is 11.7. The molecule has 1 N–H and O–H groups in total. The fourth-order valence-corrected chi connectivity index (χ4v) is 4.36. The Kier molecular flexibility index (Phi) is 4.25. The molecule has 0 aromatic carbocycles. The summed E-state index contributed by atoms with van der Waals surface area (Å²) in [6.07, 6.45) is 10.9. The van der Waals surface area contributed by atoms with E-state index in [1.807, 2.05) is 17.0 Å². The maximum atomic E-state index is 12.8. The van der Waals surface area contributed by atoms with Crippen molar-refractivity contribution in [3.63, 3.8) is 0 Å². The van der Waals surface area contributed by atoms with Gasteiger partial charge in [0.15, 0.2) is 0 Å². The van der Waals surface area contributed by atoms with Gasteiger partial charge in [-0.2, -0.15) is 0 Å². The van der Waals surface area contributed by atoms with Crippen LogP contribution in [0.4, 0.5) is 0 Å². The van der Waals surface area contributed by atoms with E-state index in [1.165, 1.54) is 12.8 Å². The van der Waals surface area contributed by atoms with Crippen LogP contribution in [0.1, 0.15) is 50.5 Å². The Morgan fingerprint density at radius 3 is 2.62 bits per heavy atom. The van der Waals surface area contributed by atoms with Gasteiger partial charge in [0, 0.05) is 30.9 Å². The van der Waals surface area contributed by atoms with Crippen molar-refractivity contribution in [2.24, 2.45) is 11.8 Å². The van der Waals surface area contributed by atoms with Crippen LogP contribution in [0, 0.1) is 11.8 Å². The number of aromatic nitrogens is 1. The number of carbonyl (C=O) groups is 2. The van der Waals surface area contributed by atoms with Crippen LogP contribution < -0.4 is 5.32 Å². The molecule has 2 amide bonds. The summed E-state index contributed by atoms with van der Waals surface area (Å²) in [7, 11) is 0. The highest BCUT2D eigenvalue weighted by Gasteiger charge is 2.50. The Hall–Kier alpha value is -1.91. The lowest BCUT2D eigenvalue weighted by Crippen LogP contribution is -2.50. The zero-order chi connectivity index (χ0) is 16.5. The number of rotatable bonds is 4. The van der Waals surface area contributed by atoms with Gasteiger partial charge >= 0.3 is 0 Å². The van der Waals surface area contributed by atoms with E-state index in [2.05, 4.69) is 10.3 Å². The van der Waals surface area contributed by atoms with E-state index in [0.717, 1.165) is 37.7 Å². The zero-order valence-corrected chi connectivity index (χ0v) is 14.0. The summed E-state index contributed by atoms with van der Waals surface area (Å²) in [6, 6.07) is 3.83. The van der Waals surface area contributed by atoms with Gasteiger partial charge in [0.1, 0.15) is 6.04 Å². The zero-order valence-electron chi connectivity index (χ0n) is 14.0. The van der Waals surface area contributed by atoms with Gasteiger partial charge in [-0.15, -0.1) is 0 Å². The van der Waals surface area contributed by atoms with Crippen molar-refractivity contribution < 1.29 is 9.59 Å². The number of pyridine rings is 1. The predicted octanol–water partition coefficient (Wildman–Crippen LogP) is 2.27. The number of fused-ring (bicyclic) bond motifs is 1. The third kappa shape index (κ3) is 3.04. The molecule has 1 aliphatic heterocycles. The van der Waals surface area contributed by atoms with Crippen molar-refractivity contribution in [1.82, 2.24) is 15.2 Å². The van der Waals surface area contributed by atoms with Crippen LogP contribution in [-0.4, -0.2) is 33.8 Å². The largest absolute Gasteiger partial charge is 0.350 e. The van der Waals surface area contributed by atoms with Gasteiger partial charge < -0.3 is 10.2 Å². The van der Waals surface area contributed by atoms with Crippen molar-refractivity contribution in [3.8, 4) is 0 Å². The summed E-state index contributed by atoms with van der Waals surface area (Å²) in [4.78, 5) is 31.6. The quantitative estimate of drug-likeness (QED) is 0.923. The highest BCUT2D eigenvalue weighted by atomic mass is 16.2. The van der Waals surface area contributed by atoms with Gasteiger partial charge in [-0.25, -0.2) is 0 Å². The Bertz CT molecular complexity index is 614. The summed E-state index contributed by atoms with van der Waals surface area (Å²) >= 11 is 0. The van der Waals surface area contributed by atoms with Gasteiger partial charge in [-0.1, -0.05) is 12.8 Å². The van der Waals surface area contributed by atoms with Crippen molar-refractivity contribution in [2.75, 3.05) is 0 Å². The molecular formula is C19H25N3O2. The lowest BCUT2D eigenvalue weighted by atomic mass is 9.84. The van der Waals surface area contributed by atoms with Crippen LogP contribution in [0.2, 0.25) is 0 Å². The van der Waals surface area contributed by atoms with E-state index < -0.39 is 0 Å². The van der Waals surface area contributed by atoms with Crippen LogP contribution >= 0.6 is 0 Å². The Labute approximate surface area is 142 Å². The number of likely N-dealkylation sites (tertiary alicyclic amines) is 1. The van der Waals surface area contributed by atoms with Gasteiger partial charge in [0.2, 0.25) is 11.8 Å². The normalized spacial score (nSPS) is 29.2. The van der Waals surface area contributed by atoms with Gasteiger partial charge in [-0.3, -0.25) is 14.6 Å². The smallest absolute Gasteiger partial charge is 0.243 e. The number of hydrogen-bond acceptors (Lipinski definition) is 3. The minimum absolute atomic E-state index is 0.00946. The molecule has 5 heteroatoms. The van der Waals surface area contributed by atoms with E-state index >= 15 is 0 Å². The van der Waals surface area contributed by atoms with E-state index in [4.69, 9.17) is 0 Å². The molecule has 0 spiro atoms. The Balaban J connectivity index is 1.46. The average molecular weight is 327 g/mol. The fourth-order valence-electron chi connectivity index (χ4n) is 4.36. The van der Waals surface area contributed by atoms with Gasteiger partial charge in [0.25, 0.3) is 0 Å². The van der Waals surface area contributed by atoms with Crippen molar-refractivity contribution >= 4 is 11.8 Å². The van der Waals surface area contributed by atoms with Crippen LogP contribution in [0.15, 0.2) is 24.5 Å². The molecule has 2 aliphatic carbocycles. The number of amides is 2. The van der Waals surface area contributed by atoms with E-state index in [9.17, 15) is 9.59 Å². The Morgan fingerprint density at radius 1 is 1.12 bits per heavy atom. The fraction of sp³-hybridized carbons (Fsp3) is 0.632. The second-order valence-electron chi connectivity index (χ2n) is 7.46. The summed E-state index contributed by atoms with van der Waals surface area (Å²) in [5.41, 5.74) is 1.04. The van der Waals surface area contributed by atoms with Crippen molar-refractivity contribution in [2.45, 2.75) is 63.6 Å². The highest BCUT2D eigenvalue weighted by molar-refractivity contribution is 5.90. The van der Waals surface area contributed by atoms with Gasteiger partial charge in [0.05, 0.1) is 0 Å². The molecule has 3 unspecified atom stereocenters. The van der Waals surface area contributed by atoms with Gasteiger partial charge in [-0.05, 0) is 55.7 Å². The lowest BCUT2D eigenvalue weighted by Gasteiger charge is -2.33. The monoisotopic (exact) mass is 327 g/mol. The molecule has 24 heavy (non-hydrogen) atoms. The number of nitrogens with zero attached hydrogens (tertiary/aromatic N) is 2. The van der Waals surface area contributed by atoms with E-state index in [0.29, 0.717) is 18.5 Å². The van der Waals surface area contributed by atoms with Crippen LogP contribution in [0.3, 0.4) is 0 Å². The van der Waals surface area contributed by atoms with Crippen LogP contribution in [0.5, 0.6) is 0 Å². The number of carbonyl (C=O) groups excluding carboxylic acids is 2. The minimum Gasteiger partial charge on any atom is -0.350 e. The maximum absolute atomic E-state index is 12.8. The first-order valence-corrected chi connectivity index (χ1v) is 9.23. The molecule has 2 heterocycles. The summed E-state index contributed by atoms with van der Waals surface area (Å²) in [6.45, 7) is 0.499. The van der Waals surface area contributed by atoms with E-state index in [-0.39, 0.29) is 23.8 Å². The maximum Gasteiger partial charge on any atom is 0.243 e. The molecule has 1 aromatic rings. The third-order valence-electron chi connectivity index (χ3n) is 5.79. The minimum atomic E-state index is -0.270. The molecule has 3 aliphatic rings. The third-order valence-corrected chi connectivity index (χ3v) is 5.79. The standard InChI is InChI=1S/C19H25N3O2/c23-18(21-12-13-7-9-20-10-8-13)17-11-15-3-1-2-4-16(15)22(17)19(24)14-5-6-14/h7-10,14-17H,1-6,11-12H2,(H,21,23). The SMILES string of the molecule is O=C(NCc1ccncc1)C1CC2CCCCC2N1C(=O)C1CC1. The molecule has 0 radical (unpaired) electrons. The van der Waals surface area contributed by atoms with Crippen LogP contribution in [-0.2, 0) is 16.1 Å². The summed E-state index contributed by atoms with van der Waals surface area (Å²) in [5.74, 6) is 0.933. The molecule has 3 atom stereocenters. The average Bonchev–Trinajstić information content (AvgIpc) is 3.40. The van der Waals surface area contributed by atoms with Crippen molar-refractivity contribution in [3.05, 3.63) is 30.1 Å². The molecule has 0 bridgehead atoms. The molecule has 1 aromatic heterocycles. The first kappa shape index (κ1) is 15.6. The molecule has 2 saturated carbocycles.